The van der Waals surface area contributed by atoms with Crippen LogP contribution in [0.2, 0.25) is 0 Å². The molecule has 1 fully saturated rings. The van der Waals surface area contributed by atoms with Gasteiger partial charge in [-0.3, -0.25) is 14.3 Å². The quantitative estimate of drug-likeness (QED) is 0.741. The van der Waals surface area contributed by atoms with Crippen LogP contribution in [-0.2, 0) is 20.9 Å². The number of thioether (sulfide) groups is 1. The first kappa shape index (κ1) is 18.8. The van der Waals surface area contributed by atoms with Gasteiger partial charge >= 0.3 is 0 Å². The van der Waals surface area contributed by atoms with Gasteiger partial charge in [0.2, 0.25) is 11.8 Å². The molecule has 8 heteroatoms. The summed E-state index contributed by atoms with van der Waals surface area (Å²) in [6, 6.07) is -0.528. The third-order valence-corrected chi connectivity index (χ3v) is 4.51. The molecule has 7 nitrogen and oxygen atoms in total. The summed E-state index contributed by atoms with van der Waals surface area (Å²) in [5, 5.41) is 9.80. The van der Waals surface area contributed by atoms with Crippen LogP contribution in [0.25, 0.3) is 0 Å². The fourth-order valence-electron chi connectivity index (χ4n) is 2.67. The minimum Gasteiger partial charge on any atom is -0.376 e. The van der Waals surface area contributed by atoms with Crippen molar-refractivity contribution >= 4 is 29.3 Å². The van der Waals surface area contributed by atoms with E-state index in [2.05, 4.69) is 15.7 Å². The molecule has 2 rings (SSSR count). The lowest BCUT2D eigenvalue weighted by molar-refractivity contribution is -0.125. The highest BCUT2D eigenvalue weighted by atomic mass is 32.2. The Hall–Kier alpha value is -1.54. The number of carbonyl (C=O) groups excluding carboxylic acids is 2. The molecule has 0 spiro atoms. The Morgan fingerprint density at radius 1 is 1.50 bits per heavy atom. The Morgan fingerprint density at radius 3 is 3.00 bits per heavy atom. The van der Waals surface area contributed by atoms with E-state index in [-0.39, 0.29) is 17.9 Å². The van der Waals surface area contributed by atoms with E-state index in [0.29, 0.717) is 18.7 Å². The highest BCUT2D eigenvalue weighted by Crippen LogP contribution is 2.15. The third-order valence-electron chi connectivity index (χ3n) is 3.87. The van der Waals surface area contributed by atoms with Crippen molar-refractivity contribution in [2.45, 2.75) is 51.3 Å². The van der Waals surface area contributed by atoms with Crippen LogP contribution in [0, 0.1) is 0 Å². The SMILES string of the molecule is CSCC[C@H](NC(C)=O)C(=O)Nc1cnn(C[C@@H]2CCCCO2)c1. The Labute approximate surface area is 146 Å². The van der Waals surface area contributed by atoms with Crippen LogP contribution in [0.15, 0.2) is 12.4 Å². The first-order valence-corrected chi connectivity index (χ1v) is 9.69. The third kappa shape index (κ3) is 6.16. The van der Waals surface area contributed by atoms with Gasteiger partial charge in [-0.1, -0.05) is 0 Å². The molecule has 2 N–H and O–H groups in total. The Kier molecular flexibility index (Phi) is 7.58. The second-order valence-electron chi connectivity index (χ2n) is 5.96. The maximum Gasteiger partial charge on any atom is 0.247 e. The normalized spacial score (nSPS) is 18.8. The lowest BCUT2D eigenvalue weighted by atomic mass is 10.1. The van der Waals surface area contributed by atoms with E-state index < -0.39 is 6.04 Å². The number of amides is 2. The van der Waals surface area contributed by atoms with Gasteiger partial charge in [0.1, 0.15) is 6.04 Å². The predicted molar refractivity (Wildman–Crippen MR) is 95.1 cm³/mol. The molecule has 2 amide bonds. The van der Waals surface area contributed by atoms with Crippen molar-refractivity contribution in [1.29, 1.82) is 0 Å². The Morgan fingerprint density at radius 2 is 2.33 bits per heavy atom. The fraction of sp³-hybridized carbons (Fsp3) is 0.688. The number of nitrogens with zero attached hydrogens (tertiary/aromatic N) is 2. The molecule has 1 aromatic heterocycles. The molecule has 0 aliphatic carbocycles. The standard InChI is InChI=1S/C16H26N4O3S/c1-12(21)18-15(6-8-24-2)16(22)19-13-9-17-20(10-13)11-14-5-3-4-7-23-14/h9-10,14-15H,3-8,11H2,1-2H3,(H,18,21)(H,19,22)/t14-,15-/m0/s1. The van der Waals surface area contributed by atoms with Gasteiger partial charge in [-0.15, -0.1) is 0 Å². The molecule has 1 saturated heterocycles. The molecule has 1 aliphatic rings. The molecule has 0 radical (unpaired) electrons. The summed E-state index contributed by atoms with van der Waals surface area (Å²) in [6.07, 6.45) is 9.53. The highest BCUT2D eigenvalue weighted by Gasteiger charge is 2.20. The van der Waals surface area contributed by atoms with Crippen LogP contribution in [0.4, 0.5) is 5.69 Å². The molecule has 134 valence electrons. The molecular weight excluding hydrogens is 328 g/mol. The fourth-order valence-corrected chi connectivity index (χ4v) is 3.14. The van der Waals surface area contributed by atoms with Crippen LogP contribution in [-0.4, -0.2) is 52.4 Å². The second kappa shape index (κ2) is 9.68. The van der Waals surface area contributed by atoms with Gasteiger partial charge in [0.25, 0.3) is 0 Å². The molecule has 1 aromatic rings. The lowest BCUT2D eigenvalue weighted by Gasteiger charge is -2.22. The topological polar surface area (TPSA) is 85.3 Å². The summed E-state index contributed by atoms with van der Waals surface area (Å²) in [6.45, 7) is 2.92. The smallest absolute Gasteiger partial charge is 0.247 e. The molecule has 24 heavy (non-hydrogen) atoms. The summed E-state index contributed by atoms with van der Waals surface area (Å²) in [4.78, 5) is 23.6. The van der Waals surface area contributed by atoms with Gasteiger partial charge < -0.3 is 15.4 Å². The number of hydrogen-bond acceptors (Lipinski definition) is 5. The zero-order valence-corrected chi connectivity index (χ0v) is 15.1. The molecule has 0 aromatic carbocycles. The zero-order chi connectivity index (χ0) is 17.4. The van der Waals surface area contributed by atoms with Crippen LogP contribution in [0.1, 0.15) is 32.6 Å². The number of ether oxygens (including phenoxy) is 1. The van der Waals surface area contributed by atoms with Crippen molar-refractivity contribution in [3.8, 4) is 0 Å². The largest absolute Gasteiger partial charge is 0.376 e. The monoisotopic (exact) mass is 354 g/mol. The summed E-state index contributed by atoms with van der Waals surface area (Å²) in [7, 11) is 0. The number of nitrogens with one attached hydrogen (secondary N) is 2. The van der Waals surface area contributed by atoms with Crippen molar-refractivity contribution in [3.05, 3.63) is 12.4 Å². The van der Waals surface area contributed by atoms with Gasteiger partial charge in [-0.25, -0.2) is 0 Å². The van der Waals surface area contributed by atoms with Crippen LogP contribution in [0.3, 0.4) is 0 Å². The second-order valence-corrected chi connectivity index (χ2v) is 6.95. The molecule has 0 saturated carbocycles. The average Bonchev–Trinajstić information content (AvgIpc) is 2.99. The first-order valence-electron chi connectivity index (χ1n) is 8.29. The van der Waals surface area contributed by atoms with Gasteiger partial charge in [-0.2, -0.15) is 16.9 Å². The van der Waals surface area contributed by atoms with Crippen LogP contribution < -0.4 is 10.6 Å². The summed E-state index contributed by atoms with van der Waals surface area (Å²) in [5.74, 6) is 0.380. The van der Waals surface area contributed by atoms with Crippen LogP contribution in [0.5, 0.6) is 0 Å². The number of carbonyl (C=O) groups is 2. The number of aromatic nitrogens is 2. The maximum absolute atomic E-state index is 12.4. The van der Waals surface area contributed by atoms with Crippen molar-refractivity contribution in [1.82, 2.24) is 15.1 Å². The molecule has 0 unspecified atom stereocenters. The number of anilines is 1. The highest BCUT2D eigenvalue weighted by molar-refractivity contribution is 7.98. The zero-order valence-electron chi connectivity index (χ0n) is 14.3. The van der Waals surface area contributed by atoms with Crippen molar-refractivity contribution in [2.24, 2.45) is 0 Å². The molecule has 1 aliphatic heterocycles. The lowest BCUT2D eigenvalue weighted by Crippen LogP contribution is -2.43. The van der Waals surface area contributed by atoms with Crippen molar-refractivity contribution in [2.75, 3.05) is 23.9 Å². The van der Waals surface area contributed by atoms with E-state index in [0.717, 1.165) is 25.2 Å². The van der Waals surface area contributed by atoms with E-state index >= 15 is 0 Å². The molecule has 0 bridgehead atoms. The van der Waals surface area contributed by atoms with E-state index in [1.807, 2.05) is 6.26 Å². The van der Waals surface area contributed by atoms with E-state index in [9.17, 15) is 9.59 Å². The summed E-state index contributed by atoms with van der Waals surface area (Å²) in [5.41, 5.74) is 0.635. The number of rotatable bonds is 8. The number of hydrogen-bond donors (Lipinski definition) is 2. The van der Waals surface area contributed by atoms with Gasteiger partial charge in [0.05, 0.1) is 24.5 Å². The average molecular weight is 354 g/mol. The van der Waals surface area contributed by atoms with Gasteiger partial charge in [0.15, 0.2) is 0 Å². The molecule has 2 atom stereocenters. The van der Waals surface area contributed by atoms with Crippen LogP contribution >= 0.6 is 11.8 Å². The van der Waals surface area contributed by atoms with Crippen molar-refractivity contribution in [3.63, 3.8) is 0 Å². The predicted octanol–water partition coefficient (Wildman–Crippen LogP) is 1.65. The molecular formula is C16H26N4O3S. The summed E-state index contributed by atoms with van der Waals surface area (Å²) >= 11 is 1.64. The van der Waals surface area contributed by atoms with E-state index in [1.165, 1.54) is 13.3 Å². The minimum absolute atomic E-state index is 0.191. The first-order chi connectivity index (χ1) is 11.6. The van der Waals surface area contributed by atoms with Gasteiger partial charge in [0, 0.05) is 19.7 Å². The van der Waals surface area contributed by atoms with E-state index in [4.69, 9.17) is 4.74 Å². The Bertz CT molecular complexity index is 543. The summed E-state index contributed by atoms with van der Waals surface area (Å²) < 4.78 is 7.49. The minimum atomic E-state index is -0.528. The Balaban J connectivity index is 1.88. The maximum atomic E-state index is 12.4. The van der Waals surface area contributed by atoms with Crippen molar-refractivity contribution < 1.29 is 14.3 Å². The van der Waals surface area contributed by atoms with E-state index in [1.54, 1.807) is 28.8 Å². The molecule has 2 heterocycles. The van der Waals surface area contributed by atoms with Gasteiger partial charge in [-0.05, 0) is 37.7 Å².